The molecule has 0 saturated heterocycles. The first kappa shape index (κ1) is 19.9. The second kappa shape index (κ2) is 12.3. The summed E-state index contributed by atoms with van der Waals surface area (Å²) in [5.74, 6) is 0. The molecular weight excluding hydrogens is 282 g/mol. The van der Waals surface area contributed by atoms with E-state index >= 15 is 0 Å². The van der Waals surface area contributed by atoms with Crippen LogP contribution in [-0.2, 0) is 11.2 Å². The van der Waals surface area contributed by atoms with Gasteiger partial charge in [0.1, 0.15) is 0 Å². The standard InChI is InChI=1S/C21H35NO/c1-5-6-7-8-9-10-11-12-15-21-18(2)17-20(22-19(21)3)14-13-16-23-4/h12,15,17H,5-11,13-14,16H2,1-4H3/b15-12+. The summed E-state index contributed by atoms with van der Waals surface area (Å²) in [5.41, 5.74) is 4.97. The second-order valence-corrected chi connectivity index (χ2v) is 6.48. The molecule has 0 unspecified atom stereocenters. The predicted molar refractivity (Wildman–Crippen MR) is 101 cm³/mol. The molecule has 2 heteroatoms. The summed E-state index contributed by atoms with van der Waals surface area (Å²) < 4.78 is 5.12. The molecule has 0 aliphatic rings. The minimum atomic E-state index is 0.805. The predicted octanol–water partition coefficient (Wildman–Crippen LogP) is 6.04. The molecule has 0 radical (unpaired) electrons. The van der Waals surface area contributed by atoms with Crippen LogP contribution in [0.4, 0.5) is 0 Å². The van der Waals surface area contributed by atoms with Crippen LogP contribution in [0.25, 0.3) is 6.08 Å². The summed E-state index contributed by atoms with van der Waals surface area (Å²) in [6.45, 7) is 7.39. The number of pyridine rings is 1. The van der Waals surface area contributed by atoms with Gasteiger partial charge in [-0.1, -0.05) is 51.2 Å². The largest absolute Gasteiger partial charge is 0.385 e. The smallest absolute Gasteiger partial charge is 0.0466 e. The van der Waals surface area contributed by atoms with E-state index in [-0.39, 0.29) is 0 Å². The maximum absolute atomic E-state index is 5.12. The molecule has 1 aromatic heterocycles. The first-order chi connectivity index (χ1) is 11.2. The normalized spacial score (nSPS) is 11.5. The number of hydrogen-bond donors (Lipinski definition) is 0. The van der Waals surface area contributed by atoms with E-state index in [9.17, 15) is 0 Å². The van der Waals surface area contributed by atoms with Crippen LogP contribution in [0.5, 0.6) is 0 Å². The van der Waals surface area contributed by atoms with Crippen LogP contribution in [-0.4, -0.2) is 18.7 Å². The molecule has 1 rings (SSSR count). The highest BCUT2D eigenvalue weighted by Gasteiger charge is 2.04. The van der Waals surface area contributed by atoms with E-state index in [2.05, 4.69) is 39.0 Å². The third kappa shape index (κ3) is 8.31. The number of hydrogen-bond acceptors (Lipinski definition) is 2. The average molecular weight is 318 g/mol. The molecule has 0 spiro atoms. The Morgan fingerprint density at radius 1 is 1.04 bits per heavy atom. The van der Waals surface area contributed by atoms with E-state index in [4.69, 9.17) is 9.72 Å². The van der Waals surface area contributed by atoms with E-state index in [0.717, 1.165) is 25.1 Å². The van der Waals surface area contributed by atoms with Gasteiger partial charge in [0.05, 0.1) is 0 Å². The monoisotopic (exact) mass is 317 g/mol. The second-order valence-electron chi connectivity index (χ2n) is 6.48. The van der Waals surface area contributed by atoms with Crippen LogP contribution in [0.3, 0.4) is 0 Å². The lowest BCUT2D eigenvalue weighted by Crippen LogP contribution is -2.00. The molecule has 0 aromatic carbocycles. The number of rotatable bonds is 12. The molecule has 0 atom stereocenters. The van der Waals surface area contributed by atoms with Gasteiger partial charge in [0.15, 0.2) is 0 Å². The minimum Gasteiger partial charge on any atom is -0.385 e. The summed E-state index contributed by atoms with van der Waals surface area (Å²) in [4.78, 5) is 4.75. The minimum absolute atomic E-state index is 0.805. The molecule has 0 N–H and O–H groups in total. The number of methoxy groups -OCH3 is 1. The Labute approximate surface area is 143 Å². The zero-order valence-electron chi connectivity index (χ0n) is 15.7. The highest BCUT2D eigenvalue weighted by Crippen LogP contribution is 2.17. The Balaban J connectivity index is 2.42. The first-order valence-electron chi connectivity index (χ1n) is 9.31. The van der Waals surface area contributed by atoms with Gasteiger partial charge >= 0.3 is 0 Å². The fourth-order valence-corrected chi connectivity index (χ4v) is 2.94. The molecular formula is C21H35NO. The van der Waals surface area contributed by atoms with E-state index in [1.54, 1.807) is 7.11 Å². The van der Waals surface area contributed by atoms with E-state index < -0.39 is 0 Å². The van der Waals surface area contributed by atoms with Crippen molar-refractivity contribution in [3.63, 3.8) is 0 Å². The van der Waals surface area contributed by atoms with Crippen LogP contribution in [0.2, 0.25) is 0 Å². The average Bonchev–Trinajstić information content (AvgIpc) is 2.52. The van der Waals surface area contributed by atoms with Crippen molar-refractivity contribution in [2.75, 3.05) is 13.7 Å². The summed E-state index contributed by atoms with van der Waals surface area (Å²) in [6.07, 6.45) is 16.0. The Morgan fingerprint density at radius 3 is 2.48 bits per heavy atom. The van der Waals surface area contributed by atoms with Crippen molar-refractivity contribution < 1.29 is 4.74 Å². The lowest BCUT2D eigenvalue weighted by Gasteiger charge is -2.09. The number of nitrogens with zero attached hydrogens (tertiary/aromatic N) is 1. The SMILES string of the molecule is CCCCCCCC/C=C/c1c(C)cc(CCCOC)nc1C. The molecule has 1 heterocycles. The molecule has 1 aromatic rings. The van der Waals surface area contributed by atoms with Gasteiger partial charge in [-0.25, -0.2) is 0 Å². The van der Waals surface area contributed by atoms with Crippen molar-refractivity contribution >= 4 is 6.08 Å². The highest BCUT2D eigenvalue weighted by molar-refractivity contribution is 5.56. The van der Waals surface area contributed by atoms with E-state index in [0.29, 0.717) is 0 Å². The Kier molecular flexibility index (Phi) is 10.6. The molecule has 0 saturated carbocycles. The third-order valence-corrected chi connectivity index (χ3v) is 4.30. The van der Waals surface area contributed by atoms with Gasteiger partial charge in [-0.3, -0.25) is 4.98 Å². The van der Waals surface area contributed by atoms with Crippen LogP contribution in [0, 0.1) is 13.8 Å². The summed E-state index contributed by atoms with van der Waals surface area (Å²) in [5, 5.41) is 0. The number of ether oxygens (including phenoxy) is 1. The molecule has 23 heavy (non-hydrogen) atoms. The topological polar surface area (TPSA) is 22.1 Å². The van der Waals surface area contributed by atoms with Crippen molar-refractivity contribution in [2.45, 2.75) is 78.6 Å². The lowest BCUT2D eigenvalue weighted by molar-refractivity contribution is 0.195. The zero-order chi connectivity index (χ0) is 16.9. The summed E-state index contributed by atoms with van der Waals surface area (Å²) in [6, 6.07) is 2.23. The molecule has 0 aliphatic heterocycles. The highest BCUT2D eigenvalue weighted by atomic mass is 16.5. The Bertz CT molecular complexity index is 442. The van der Waals surface area contributed by atoms with E-state index in [1.165, 1.54) is 61.8 Å². The van der Waals surface area contributed by atoms with Gasteiger partial charge < -0.3 is 4.74 Å². The van der Waals surface area contributed by atoms with Gasteiger partial charge in [0, 0.05) is 25.1 Å². The van der Waals surface area contributed by atoms with Crippen molar-refractivity contribution in [3.05, 3.63) is 34.7 Å². The Hall–Kier alpha value is -1.15. The molecule has 0 bridgehead atoms. The van der Waals surface area contributed by atoms with Crippen molar-refractivity contribution in [1.82, 2.24) is 4.98 Å². The van der Waals surface area contributed by atoms with Gasteiger partial charge in [-0.05, 0) is 56.7 Å². The van der Waals surface area contributed by atoms with Gasteiger partial charge in [0.2, 0.25) is 0 Å². The van der Waals surface area contributed by atoms with Gasteiger partial charge in [-0.2, -0.15) is 0 Å². The Morgan fingerprint density at radius 2 is 1.78 bits per heavy atom. The zero-order valence-corrected chi connectivity index (χ0v) is 15.7. The molecule has 2 nitrogen and oxygen atoms in total. The van der Waals surface area contributed by atoms with Gasteiger partial charge in [0.25, 0.3) is 0 Å². The molecule has 0 fully saturated rings. The maximum atomic E-state index is 5.12. The number of aryl methyl sites for hydroxylation is 3. The molecule has 0 amide bonds. The summed E-state index contributed by atoms with van der Waals surface area (Å²) >= 11 is 0. The number of unbranched alkanes of at least 4 members (excludes halogenated alkanes) is 6. The van der Waals surface area contributed by atoms with Crippen LogP contribution >= 0.6 is 0 Å². The van der Waals surface area contributed by atoms with Gasteiger partial charge in [-0.15, -0.1) is 0 Å². The maximum Gasteiger partial charge on any atom is 0.0466 e. The molecule has 0 aliphatic carbocycles. The van der Waals surface area contributed by atoms with Crippen LogP contribution in [0.1, 0.15) is 80.8 Å². The van der Waals surface area contributed by atoms with Crippen molar-refractivity contribution in [2.24, 2.45) is 0 Å². The van der Waals surface area contributed by atoms with Crippen LogP contribution < -0.4 is 0 Å². The fraction of sp³-hybridized carbons (Fsp3) is 0.667. The number of aromatic nitrogens is 1. The quantitative estimate of drug-likeness (QED) is 0.438. The number of allylic oxidation sites excluding steroid dienone is 1. The summed E-state index contributed by atoms with van der Waals surface area (Å²) in [7, 11) is 1.75. The first-order valence-corrected chi connectivity index (χ1v) is 9.31. The van der Waals surface area contributed by atoms with Crippen LogP contribution in [0.15, 0.2) is 12.1 Å². The molecule has 130 valence electrons. The lowest BCUT2D eigenvalue weighted by atomic mass is 10.0. The van der Waals surface area contributed by atoms with Crippen molar-refractivity contribution in [1.29, 1.82) is 0 Å². The third-order valence-electron chi connectivity index (χ3n) is 4.30. The van der Waals surface area contributed by atoms with E-state index in [1.807, 2.05) is 0 Å². The fourth-order valence-electron chi connectivity index (χ4n) is 2.94. The van der Waals surface area contributed by atoms with Crippen molar-refractivity contribution in [3.8, 4) is 0 Å².